The Bertz CT molecular complexity index is 509. The molecule has 0 radical (unpaired) electrons. The van der Waals surface area contributed by atoms with Crippen molar-refractivity contribution in [3.8, 4) is 11.8 Å². The molecule has 1 N–H and O–H groups in total. The summed E-state index contributed by atoms with van der Waals surface area (Å²) in [5, 5.41) is 8.88. The Morgan fingerprint density at radius 2 is 1.88 bits per heavy atom. The molecule has 0 fully saturated rings. The molecule has 0 amide bonds. The summed E-state index contributed by atoms with van der Waals surface area (Å²) < 4.78 is 5.59. The third-order valence-electron chi connectivity index (χ3n) is 2.41. The minimum atomic E-state index is -0.0657. The highest BCUT2D eigenvalue weighted by Crippen LogP contribution is 2.23. The molecule has 17 heavy (non-hydrogen) atoms. The van der Waals surface area contributed by atoms with Gasteiger partial charge < -0.3 is 9.84 Å². The molecule has 0 saturated heterocycles. The summed E-state index contributed by atoms with van der Waals surface area (Å²) in [5.41, 5.74) is 2.82. The maximum absolute atomic E-state index is 8.88. The zero-order chi connectivity index (χ0) is 12.3. The standard InChI is InChI=1S/C13H14N2O2/c1-9-3-4-10(2)12(5-9)17-13-14-6-11(8-16)7-15-13/h3-7,16H,8H2,1-2H3. The molecule has 0 aliphatic carbocycles. The first-order chi connectivity index (χ1) is 8.19. The molecule has 4 nitrogen and oxygen atoms in total. The second-order valence-corrected chi connectivity index (χ2v) is 3.90. The molecule has 88 valence electrons. The Hall–Kier alpha value is -1.94. The lowest BCUT2D eigenvalue weighted by molar-refractivity contribution is 0.280. The fourth-order valence-electron chi connectivity index (χ4n) is 1.39. The highest BCUT2D eigenvalue weighted by Gasteiger charge is 2.04. The fourth-order valence-corrected chi connectivity index (χ4v) is 1.39. The van der Waals surface area contributed by atoms with E-state index in [-0.39, 0.29) is 12.6 Å². The number of hydrogen-bond acceptors (Lipinski definition) is 4. The van der Waals surface area contributed by atoms with Crippen LogP contribution in [0.25, 0.3) is 0 Å². The molecule has 0 bridgehead atoms. The summed E-state index contributed by atoms with van der Waals surface area (Å²) in [6.07, 6.45) is 3.10. The van der Waals surface area contributed by atoms with E-state index in [1.807, 2.05) is 32.0 Å². The van der Waals surface area contributed by atoms with Crippen molar-refractivity contribution in [2.75, 3.05) is 0 Å². The van der Waals surface area contributed by atoms with Crippen LogP contribution in [0.2, 0.25) is 0 Å². The number of nitrogens with zero attached hydrogens (tertiary/aromatic N) is 2. The Morgan fingerprint density at radius 1 is 1.18 bits per heavy atom. The van der Waals surface area contributed by atoms with Gasteiger partial charge in [-0.25, -0.2) is 9.97 Å². The van der Waals surface area contributed by atoms with Crippen LogP contribution in [0.4, 0.5) is 0 Å². The van der Waals surface area contributed by atoms with Crippen molar-refractivity contribution in [3.63, 3.8) is 0 Å². The van der Waals surface area contributed by atoms with Crippen LogP contribution >= 0.6 is 0 Å². The first-order valence-electron chi connectivity index (χ1n) is 5.36. The number of aliphatic hydroxyl groups is 1. The van der Waals surface area contributed by atoms with Gasteiger partial charge in [0.05, 0.1) is 6.61 Å². The van der Waals surface area contributed by atoms with E-state index in [4.69, 9.17) is 9.84 Å². The van der Waals surface area contributed by atoms with Crippen LogP contribution in [0.1, 0.15) is 16.7 Å². The minimum absolute atomic E-state index is 0.0657. The van der Waals surface area contributed by atoms with Crippen LogP contribution < -0.4 is 4.74 Å². The fraction of sp³-hybridized carbons (Fsp3) is 0.231. The van der Waals surface area contributed by atoms with Gasteiger partial charge in [0.25, 0.3) is 0 Å². The molecule has 0 atom stereocenters. The van der Waals surface area contributed by atoms with E-state index in [9.17, 15) is 0 Å². The van der Waals surface area contributed by atoms with Gasteiger partial charge in [-0.2, -0.15) is 0 Å². The molecular formula is C13H14N2O2. The van der Waals surface area contributed by atoms with Gasteiger partial charge in [0.2, 0.25) is 0 Å². The first-order valence-corrected chi connectivity index (χ1v) is 5.36. The second kappa shape index (κ2) is 4.93. The molecule has 4 heteroatoms. The van der Waals surface area contributed by atoms with Crippen LogP contribution in [0, 0.1) is 13.8 Å². The van der Waals surface area contributed by atoms with Gasteiger partial charge in [-0.3, -0.25) is 0 Å². The van der Waals surface area contributed by atoms with Crippen LogP contribution in [0.5, 0.6) is 11.8 Å². The maximum atomic E-state index is 8.88. The number of ether oxygens (including phenoxy) is 1. The van der Waals surface area contributed by atoms with Crippen LogP contribution in [-0.4, -0.2) is 15.1 Å². The van der Waals surface area contributed by atoms with Crippen molar-refractivity contribution >= 4 is 0 Å². The largest absolute Gasteiger partial charge is 0.424 e. The monoisotopic (exact) mass is 230 g/mol. The van der Waals surface area contributed by atoms with Gasteiger partial charge in [0, 0.05) is 18.0 Å². The summed E-state index contributed by atoms with van der Waals surface area (Å²) in [7, 11) is 0. The lowest BCUT2D eigenvalue weighted by Crippen LogP contribution is -1.95. The van der Waals surface area contributed by atoms with E-state index < -0.39 is 0 Å². The van der Waals surface area contributed by atoms with Crippen molar-refractivity contribution in [2.24, 2.45) is 0 Å². The van der Waals surface area contributed by atoms with Crippen molar-refractivity contribution in [3.05, 3.63) is 47.3 Å². The SMILES string of the molecule is Cc1ccc(C)c(Oc2ncc(CO)cn2)c1. The van der Waals surface area contributed by atoms with Crippen molar-refractivity contribution in [1.82, 2.24) is 9.97 Å². The molecule has 1 aromatic carbocycles. The molecule has 0 aliphatic rings. The number of aromatic nitrogens is 2. The average Bonchev–Trinajstić information content (AvgIpc) is 2.35. The van der Waals surface area contributed by atoms with Gasteiger partial charge >= 0.3 is 6.01 Å². The number of benzene rings is 1. The van der Waals surface area contributed by atoms with Crippen LogP contribution in [-0.2, 0) is 6.61 Å². The van der Waals surface area contributed by atoms with Crippen molar-refractivity contribution in [1.29, 1.82) is 0 Å². The molecule has 0 unspecified atom stereocenters. The van der Waals surface area contributed by atoms with Gasteiger partial charge in [-0.05, 0) is 31.0 Å². The number of hydrogen-bond donors (Lipinski definition) is 1. The van der Waals surface area contributed by atoms with Gasteiger partial charge in [-0.1, -0.05) is 12.1 Å². The number of aliphatic hydroxyl groups excluding tert-OH is 1. The van der Waals surface area contributed by atoms with Crippen LogP contribution in [0.15, 0.2) is 30.6 Å². The Kier molecular flexibility index (Phi) is 3.35. The predicted octanol–water partition coefficient (Wildman–Crippen LogP) is 2.38. The Labute approximate surface area is 99.9 Å². The smallest absolute Gasteiger partial charge is 0.321 e. The molecule has 2 aromatic rings. The Morgan fingerprint density at radius 3 is 2.53 bits per heavy atom. The second-order valence-electron chi connectivity index (χ2n) is 3.90. The number of rotatable bonds is 3. The van der Waals surface area contributed by atoms with Gasteiger partial charge in [0.15, 0.2) is 0 Å². The summed E-state index contributed by atoms with van der Waals surface area (Å²) in [5.74, 6) is 0.752. The molecule has 2 rings (SSSR count). The van der Waals surface area contributed by atoms with Crippen LogP contribution in [0.3, 0.4) is 0 Å². The lowest BCUT2D eigenvalue weighted by Gasteiger charge is -2.07. The normalized spacial score (nSPS) is 10.3. The van der Waals surface area contributed by atoms with E-state index in [0.717, 1.165) is 16.9 Å². The quantitative estimate of drug-likeness (QED) is 0.879. The molecule has 0 spiro atoms. The third-order valence-corrected chi connectivity index (χ3v) is 2.41. The summed E-state index contributed by atoms with van der Waals surface area (Å²) in [6, 6.07) is 6.25. The molecule has 1 aromatic heterocycles. The van der Waals surface area contributed by atoms with E-state index in [2.05, 4.69) is 9.97 Å². The highest BCUT2D eigenvalue weighted by molar-refractivity contribution is 5.37. The topological polar surface area (TPSA) is 55.2 Å². The van der Waals surface area contributed by atoms with Crippen molar-refractivity contribution in [2.45, 2.75) is 20.5 Å². The molecular weight excluding hydrogens is 216 g/mol. The van der Waals surface area contributed by atoms with Crippen molar-refractivity contribution < 1.29 is 9.84 Å². The zero-order valence-electron chi connectivity index (χ0n) is 9.84. The Balaban J connectivity index is 2.22. The van der Waals surface area contributed by atoms with Gasteiger partial charge in [0.1, 0.15) is 5.75 Å². The summed E-state index contributed by atoms with van der Waals surface area (Å²) >= 11 is 0. The zero-order valence-corrected chi connectivity index (χ0v) is 9.84. The summed E-state index contributed by atoms with van der Waals surface area (Å²) in [6.45, 7) is 3.91. The molecule has 1 heterocycles. The summed E-state index contributed by atoms with van der Waals surface area (Å²) in [4.78, 5) is 8.04. The molecule has 0 aliphatic heterocycles. The minimum Gasteiger partial charge on any atom is -0.424 e. The number of aryl methyl sites for hydroxylation is 2. The van der Waals surface area contributed by atoms with E-state index in [1.54, 1.807) is 12.4 Å². The van der Waals surface area contributed by atoms with E-state index in [1.165, 1.54) is 0 Å². The maximum Gasteiger partial charge on any atom is 0.321 e. The van der Waals surface area contributed by atoms with E-state index >= 15 is 0 Å². The third kappa shape index (κ3) is 2.79. The van der Waals surface area contributed by atoms with Gasteiger partial charge in [-0.15, -0.1) is 0 Å². The predicted molar refractivity (Wildman–Crippen MR) is 63.9 cm³/mol. The first kappa shape index (κ1) is 11.5. The van der Waals surface area contributed by atoms with E-state index in [0.29, 0.717) is 5.56 Å². The highest BCUT2D eigenvalue weighted by atomic mass is 16.5. The lowest BCUT2D eigenvalue weighted by atomic mass is 10.1. The molecule has 0 saturated carbocycles. The average molecular weight is 230 g/mol.